The van der Waals surface area contributed by atoms with Crippen LogP contribution in [0.25, 0.3) is 0 Å². The van der Waals surface area contributed by atoms with Crippen molar-refractivity contribution in [2.75, 3.05) is 6.61 Å². The molecule has 1 aliphatic heterocycles. The van der Waals surface area contributed by atoms with Gasteiger partial charge in [-0.1, -0.05) is 104 Å². The van der Waals surface area contributed by atoms with Gasteiger partial charge in [0.15, 0.2) is 0 Å². The van der Waals surface area contributed by atoms with Crippen LogP contribution >= 0.6 is 0 Å². The molecule has 4 aromatic carbocycles. The van der Waals surface area contributed by atoms with Crippen LogP contribution in [0.4, 0.5) is 0 Å². The lowest BCUT2D eigenvalue weighted by Crippen LogP contribution is -2.25. The molecule has 1 heterocycles. The summed E-state index contributed by atoms with van der Waals surface area (Å²) in [6.07, 6.45) is 0.839. The Hall–Kier alpha value is -3.42. The largest absolute Gasteiger partial charge is 0.508 e. The third-order valence-corrected chi connectivity index (χ3v) is 7.94. The smallest absolute Gasteiger partial charge is 0.305 e. The maximum atomic E-state index is 10.2. The lowest BCUT2D eigenvalue weighted by atomic mass is 9.85. The fraction of sp³-hybridized carbons (Fsp3) is 0.250. The summed E-state index contributed by atoms with van der Waals surface area (Å²) >= 11 is 0. The van der Waals surface area contributed by atoms with E-state index in [0.717, 1.165) is 35.3 Å². The Morgan fingerprint density at radius 1 is 0.763 bits per heavy atom. The first-order valence-corrected chi connectivity index (χ1v) is 14.1. The van der Waals surface area contributed by atoms with Gasteiger partial charge in [0.25, 0.3) is 0 Å². The molecule has 0 aliphatic carbocycles. The maximum Gasteiger partial charge on any atom is 0.305 e. The van der Waals surface area contributed by atoms with Crippen LogP contribution in [0.5, 0.6) is 11.5 Å². The number of hydrogen-bond donors (Lipinski definition) is 2. The SMILES string of the molecule is CCCO[SiH2]OC(C)(C)c1ccccc1O.Oc1ccccc1C1OC1(c1ccccc1)c1ccccc1. The number of aromatic hydroxyl groups is 2. The summed E-state index contributed by atoms with van der Waals surface area (Å²) in [5.74, 6) is 0.554. The highest BCUT2D eigenvalue weighted by Crippen LogP contribution is 2.62. The van der Waals surface area contributed by atoms with Crippen LogP contribution in [0.15, 0.2) is 109 Å². The Bertz CT molecular complexity index is 1250. The van der Waals surface area contributed by atoms with Gasteiger partial charge in [-0.25, -0.2) is 0 Å². The average molecular weight is 529 g/mol. The summed E-state index contributed by atoms with van der Waals surface area (Å²) in [6, 6.07) is 35.0. The molecule has 1 atom stereocenters. The number of hydrogen-bond acceptors (Lipinski definition) is 5. The molecule has 198 valence electrons. The second kappa shape index (κ2) is 12.4. The lowest BCUT2D eigenvalue weighted by molar-refractivity contribution is 0.0772. The molecule has 1 unspecified atom stereocenters. The number of phenolic OH excluding ortho intramolecular Hbond substituents is 2. The molecule has 0 saturated carbocycles. The minimum atomic E-state index is -0.975. The molecule has 5 rings (SSSR count). The number of rotatable bonds is 9. The minimum absolute atomic E-state index is 0.168. The van der Waals surface area contributed by atoms with Gasteiger partial charge in [0.05, 0.1) is 5.60 Å². The molecular weight excluding hydrogens is 492 g/mol. The molecule has 4 aromatic rings. The van der Waals surface area contributed by atoms with E-state index in [9.17, 15) is 10.2 Å². The Balaban J connectivity index is 0.000000188. The van der Waals surface area contributed by atoms with E-state index in [4.69, 9.17) is 13.6 Å². The Labute approximate surface area is 227 Å². The van der Waals surface area contributed by atoms with Crippen LogP contribution in [0.3, 0.4) is 0 Å². The summed E-state index contributed by atoms with van der Waals surface area (Å²) in [4.78, 5) is 0. The van der Waals surface area contributed by atoms with E-state index >= 15 is 0 Å². The minimum Gasteiger partial charge on any atom is -0.508 e. The van der Waals surface area contributed by atoms with Crippen LogP contribution < -0.4 is 0 Å². The van der Waals surface area contributed by atoms with Crippen LogP contribution in [0, 0.1) is 0 Å². The molecule has 1 fully saturated rings. The van der Waals surface area contributed by atoms with Crippen molar-refractivity contribution in [3.05, 3.63) is 131 Å². The predicted octanol–water partition coefficient (Wildman–Crippen LogP) is 6.48. The van der Waals surface area contributed by atoms with Gasteiger partial charge in [-0.3, -0.25) is 0 Å². The van der Waals surface area contributed by atoms with Gasteiger partial charge in [-0.2, -0.15) is 0 Å². The van der Waals surface area contributed by atoms with Gasteiger partial charge >= 0.3 is 10.0 Å². The fourth-order valence-electron chi connectivity index (χ4n) is 4.57. The van der Waals surface area contributed by atoms with Crippen molar-refractivity contribution >= 4 is 10.0 Å². The summed E-state index contributed by atoms with van der Waals surface area (Å²) in [6.45, 7) is 6.72. The third kappa shape index (κ3) is 6.17. The van der Waals surface area contributed by atoms with Gasteiger partial charge in [0.2, 0.25) is 0 Å². The Morgan fingerprint density at radius 2 is 1.29 bits per heavy atom. The topological polar surface area (TPSA) is 71.5 Å². The molecule has 0 aromatic heterocycles. The molecule has 1 aliphatic rings. The number of epoxide rings is 1. The normalized spacial score (nSPS) is 16.1. The number of para-hydroxylation sites is 2. The Morgan fingerprint density at radius 3 is 1.84 bits per heavy atom. The summed E-state index contributed by atoms with van der Waals surface area (Å²) < 4.78 is 17.4. The quantitative estimate of drug-likeness (QED) is 0.148. The van der Waals surface area contributed by atoms with Crippen molar-refractivity contribution < 1.29 is 23.8 Å². The third-order valence-electron chi connectivity index (χ3n) is 6.64. The first-order valence-electron chi connectivity index (χ1n) is 13.0. The Kier molecular flexibility index (Phi) is 9.02. The van der Waals surface area contributed by atoms with Crippen LogP contribution in [-0.2, 0) is 24.8 Å². The van der Waals surface area contributed by atoms with E-state index in [0.29, 0.717) is 0 Å². The highest BCUT2D eigenvalue weighted by Gasteiger charge is 2.60. The molecule has 38 heavy (non-hydrogen) atoms. The van der Waals surface area contributed by atoms with Crippen molar-refractivity contribution in [3.63, 3.8) is 0 Å². The molecule has 0 amide bonds. The van der Waals surface area contributed by atoms with Crippen LogP contribution in [-0.4, -0.2) is 26.8 Å². The van der Waals surface area contributed by atoms with E-state index in [-0.39, 0.29) is 17.6 Å². The van der Waals surface area contributed by atoms with Gasteiger partial charge in [-0.15, -0.1) is 0 Å². The molecule has 2 N–H and O–H groups in total. The maximum absolute atomic E-state index is 10.2. The fourth-order valence-corrected chi connectivity index (χ4v) is 5.51. The second-order valence-electron chi connectivity index (χ2n) is 9.72. The van der Waals surface area contributed by atoms with E-state index in [1.807, 2.05) is 80.6 Å². The van der Waals surface area contributed by atoms with Crippen molar-refractivity contribution in [2.24, 2.45) is 0 Å². The van der Waals surface area contributed by atoms with Crippen molar-refractivity contribution in [3.8, 4) is 11.5 Å². The van der Waals surface area contributed by atoms with E-state index in [1.165, 1.54) is 0 Å². The number of benzene rings is 4. The van der Waals surface area contributed by atoms with Crippen LogP contribution in [0.1, 0.15) is 55.5 Å². The molecule has 0 bridgehead atoms. The van der Waals surface area contributed by atoms with Crippen molar-refractivity contribution in [1.82, 2.24) is 0 Å². The molecular formula is C32H36O5Si. The highest BCUT2D eigenvalue weighted by atomic mass is 28.3. The summed E-state index contributed by atoms with van der Waals surface area (Å²) in [5.41, 5.74) is 2.86. The van der Waals surface area contributed by atoms with Gasteiger partial charge < -0.3 is 23.8 Å². The van der Waals surface area contributed by atoms with Gasteiger partial charge in [0, 0.05) is 17.7 Å². The van der Waals surface area contributed by atoms with E-state index in [2.05, 4.69) is 31.2 Å². The number of ether oxygens (including phenoxy) is 1. The standard InChI is InChI=1S/C20H16O2.C12H20O3Si/c21-18-14-8-7-13-17(18)19-20(22-19,15-9-3-1-4-10-15)16-11-5-2-6-12-16;1-4-9-14-16-15-12(2,3)10-7-5-6-8-11(10)13/h1-14,19,21H;5-8,13H,4,9,16H2,1-3H3. The number of phenols is 2. The van der Waals surface area contributed by atoms with E-state index < -0.39 is 21.2 Å². The molecule has 6 heteroatoms. The zero-order chi connectivity index (χ0) is 27.0. The van der Waals surface area contributed by atoms with Gasteiger partial charge in [-0.05, 0) is 43.5 Å². The zero-order valence-corrected chi connectivity index (χ0v) is 23.6. The highest BCUT2D eigenvalue weighted by molar-refractivity contribution is 6.18. The molecule has 0 radical (unpaired) electrons. The molecule has 1 saturated heterocycles. The predicted molar refractivity (Wildman–Crippen MR) is 153 cm³/mol. The van der Waals surface area contributed by atoms with E-state index in [1.54, 1.807) is 18.2 Å². The van der Waals surface area contributed by atoms with Crippen molar-refractivity contribution in [1.29, 1.82) is 0 Å². The monoisotopic (exact) mass is 528 g/mol. The second-order valence-corrected chi connectivity index (χ2v) is 10.7. The first-order chi connectivity index (χ1) is 18.4. The lowest BCUT2D eigenvalue weighted by Gasteiger charge is -2.26. The zero-order valence-electron chi connectivity index (χ0n) is 22.2. The average Bonchev–Trinajstić information content (AvgIpc) is 3.70. The van der Waals surface area contributed by atoms with Crippen molar-refractivity contribution in [2.45, 2.75) is 44.5 Å². The van der Waals surface area contributed by atoms with Gasteiger partial charge in [0.1, 0.15) is 23.2 Å². The first kappa shape index (κ1) is 27.6. The van der Waals surface area contributed by atoms with Crippen LogP contribution in [0.2, 0.25) is 0 Å². The molecule has 0 spiro atoms. The molecule has 5 nitrogen and oxygen atoms in total. The summed E-state index contributed by atoms with van der Waals surface area (Å²) in [7, 11) is -0.975. The summed E-state index contributed by atoms with van der Waals surface area (Å²) in [5, 5.41) is 19.9.